The predicted molar refractivity (Wildman–Crippen MR) is 149 cm³/mol. The van der Waals surface area contributed by atoms with Gasteiger partial charge in [-0.05, 0) is 51.5 Å². The molecule has 0 radical (unpaired) electrons. The first-order valence-corrected chi connectivity index (χ1v) is 13.5. The minimum absolute atomic E-state index is 0.176. The van der Waals surface area contributed by atoms with Gasteiger partial charge in [-0.25, -0.2) is 9.79 Å². The van der Waals surface area contributed by atoms with Crippen LogP contribution in [0.25, 0.3) is 6.08 Å². The Morgan fingerprint density at radius 3 is 2.33 bits per heavy atom. The van der Waals surface area contributed by atoms with E-state index in [1.54, 1.807) is 32.1 Å². The summed E-state index contributed by atoms with van der Waals surface area (Å²) >= 11 is 1.22. The van der Waals surface area contributed by atoms with E-state index in [2.05, 4.69) is 23.7 Å². The summed E-state index contributed by atoms with van der Waals surface area (Å²) < 4.78 is 29.9. The Morgan fingerprint density at radius 2 is 1.77 bits per heavy atom. The predicted octanol–water partition coefficient (Wildman–Crippen LogP) is 3.26. The number of ether oxygens (including phenoxy) is 4. The zero-order valence-corrected chi connectivity index (χ0v) is 24.0. The molecular formula is C28H33N3O7S. The standard InChI is InChI=1S/C28H33N3O7S/c1-8-30(9-2)22-12-11-18(38-22)15-21-26(32)31-24(17-13-19(34-5)25(36-7)20(14-17)35-6)23(27(33)37-10-3)16(4)29-28(31)39-21/h11-15,24H,8-10H2,1-7H3/b21-15-/t24-/m1/s1. The number of methoxy groups -OCH3 is 3. The van der Waals surface area contributed by atoms with Crippen LogP contribution in [-0.2, 0) is 9.53 Å². The molecule has 0 amide bonds. The molecule has 0 aliphatic carbocycles. The highest BCUT2D eigenvalue weighted by Crippen LogP contribution is 2.42. The number of benzene rings is 1. The van der Waals surface area contributed by atoms with E-state index in [1.165, 1.54) is 37.2 Å². The highest BCUT2D eigenvalue weighted by Gasteiger charge is 2.34. The molecule has 208 valence electrons. The Kier molecular flexibility index (Phi) is 8.49. The summed E-state index contributed by atoms with van der Waals surface area (Å²) in [5.41, 5.74) is 0.984. The molecule has 11 heteroatoms. The van der Waals surface area contributed by atoms with Crippen LogP contribution in [-0.4, -0.2) is 51.6 Å². The third-order valence-electron chi connectivity index (χ3n) is 6.48. The quantitative estimate of drug-likeness (QED) is 0.351. The van der Waals surface area contributed by atoms with E-state index < -0.39 is 12.0 Å². The van der Waals surface area contributed by atoms with Crippen LogP contribution < -0.4 is 34.0 Å². The van der Waals surface area contributed by atoms with Crippen molar-refractivity contribution < 1.29 is 28.2 Å². The molecule has 0 fully saturated rings. The van der Waals surface area contributed by atoms with E-state index in [4.69, 9.17) is 23.4 Å². The zero-order chi connectivity index (χ0) is 28.3. The molecule has 0 N–H and O–H groups in total. The van der Waals surface area contributed by atoms with Crippen LogP contribution in [0.1, 0.15) is 45.1 Å². The van der Waals surface area contributed by atoms with Crippen LogP contribution in [0.2, 0.25) is 0 Å². The molecule has 1 aliphatic heterocycles. The second kappa shape index (κ2) is 11.8. The number of esters is 1. The number of carbonyl (C=O) groups excluding carboxylic acids is 1. The van der Waals surface area contributed by atoms with Gasteiger partial charge in [-0.15, -0.1) is 0 Å². The minimum Gasteiger partial charge on any atom is -0.493 e. The average molecular weight is 556 g/mol. The zero-order valence-electron chi connectivity index (χ0n) is 23.2. The maximum absolute atomic E-state index is 13.9. The van der Waals surface area contributed by atoms with Crippen molar-refractivity contribution in [1.29, 1.82) is 0 Å². The van der Waals surface area contributed by atoms with Crippen molar-refractivity contribution in [2.24, 2.45) is 4.99 Å². The maximum Gasteiger partial charge on any atom is 0.338 e. The normalized spacial score (nSPS) is 15.1. The summed E-state index contributed by atoms with van der Waals surface area (Å²) in [6.45, 7) is 9.35. The van der Waals surface area contributed by atoms with E-state index in [-0.39, 0.29) is 17.7 Å². The van der Waals surface area contributed by atoms with Gasteiger partial charge in [0.15, 0.2) is 22.2 Å². The number of nitrogens with zero attached hydrogens (tertiary/aromatic N) is 3. The van der Waals surface area contributed by atoms with Gasteiger partial charge >= 0.3 is 5.97 Å². The second-order valence-electron chi connectivity index (χ2n) is 8.61. The number of thiazole rings is 1. The number of carbonyl (C=O) groups is 1. The van der Waals surface area contributed by atoms with E-state index in [0.717, 1.165) is 19.0 Å². The Hall–Kier alpha value is -3.99. The lowest BCUT2D eigenvalue weighted by molar-refractivity contribution is -0.139. The van der Waals surface area contributed by atoms with Crippen molar-refractivity contribution in [2.45, 2.75) is 33.7 Å². The van der Waals surface area contributed by atoms with Gasteiger partial charge in [0.05, 0.1) is 49.8 Å². The fourth-order valence-electron chi connectivity index (χ4n) is 4.62. The molecule has 10 nitrogen and oxygen atoms in total. The van der Waals surface area contributed by atoms with Crippen molar-refractivity contribution in [1.82, 2.24) is 4.57 Å². The monoisotopic (exact) mass is 555 g/mol. The van der Waals surface area contributed by atoms with Crippen molar-refractivity contribution in [3.05, 3.63) is 66.5 Å². The Balaban J connectivity index is 1.95. The van der Waals surface area contributed by atoms with Gasteiger partial charge in [-0.3, -0.25) is 9.36 Å². The largest absolute Gasteiger partial charge is 0.493 e. The summed E-state index contributed by atoms with van der Waals surface area (Å²) in [7, 11) is 4.53. The van der Waals surface area contributed by atoms with Gasteiger partial charge in [0.25, 0.3) is 5.56 Å². The lowest BCUT2D eigenvalue weighted by Gasteiger charge is -2.26. The maximum atomic E-state index is 13.9. The SMILES string of the molecule is CCOC(=O)C1=C(C)N=c2s/c(=C\c3ccc(N(CC)CC)o3)c(=O)n2[C@@H]1c1cc(OC)c(OC)c(OC)c1. The number of anilines is 1. The van der Waals surface area contributed by atoms with E-state index >= 15 is 0 Å². The molecule has 1 aliphatic rings. The second-order valence-corrected chi connectivity index (χ2v) is 9.62. The van der Waals surface area contributed by atoms with Crippen LogP contribution in [0.3, 0.4) is 0 Å². The van der Waals surface area contributed by atoms with Gasteiger partial charge in [-0.1, -0.05) is 11.3 Å². The highest BCUT2D eigenvalue weighted by molar-refractivity contribution is 7.07. The molecule has 0 spiro atoms. The molecule has 3 heterocycles. The molecule has 1 atom stereocenters. The molecule has 0 bridgehead atoms. The first kappa shape index (κ1) is 28.0. The third-order valence-corrected chi connectivity index (χ3v) is 7.46. The molecule has 2 aromatic heterocycles. The average Bonchev–Trinajstić information content (AvgIpc) is 3.51. The molecule has 3 aromatic rings. The lowest BCUT2D eigenvalue weighted by Crippen LogP contribution is -2.40. The topological polar surface area (TPSA) is 105 Å². The Bertz CT molecular complexity index is 1550. The number of rotatable bonds is 10. The van der Waals surface area contributed by atoms with Crippen LogP contribution in [0.5, 0.6) is 17.2 Å². The molecular weight excluding hydrogens is 522 g/mol. The van der Waals surface area contributed by atoms with Crippen LogP contribution in [0.4, 0.5) is 5.88 Å². The fraction of sp³-hybridized carbons (Fsp3) is 0.393. The number of allylic oxidation sites excluding steroid dienone is 1. The number of hydrogen-bond donors (Lipinski definition) is 0. The van der Waals surface area contributed by atoms with Crippen molar-refractivity contribution in [2.75, 3.05) is 45.9 Å². The fourth-order valence-corrected chi connectivity index (χ4v) is 5.65. The summed E-state index contributed by atoms with van der Waals surface area (Å²) in [5, 5.41) is 0. The highest BCUT2D eigenvalue weighted by atomic mass is 32.1. The van der Waals surface area contributed by atoms with Gasteiger partial charge < -0.3 is 28.3 Å². The first-order valence-electron chi connectivity index (χ1n) is 12.7. The molecule has 0 saturated heterocycles. The number of fused-ring (bicyclic) bond motifs is 1. The summed E-state index contributed by atoms with van der Waals surface area (Å²) in [5.74, 6) is 1.92. The molecule has 1 aromatic carbocycles. The Morgan fingerprint density at radius 1 is 1.10 bits per heavy atom. The number of hydrogen-bond acceptors (Lipinski definition) is 10. The van der Waals surface area contributed by atoms with E-state index in [0.29, 0.717) is 43.6 Å². The summed E-state index contributed by atoms with van der Waals surface area (Å²) in [6.07, 6.45) is 1.70. The van der Waals surface area contributed by atoms with Crippen molar-refractivity contribution in [3.8, 4) is 17.2 Å². The number of aromatic nitrogens is 1. The molecule has 4 rings (SSSR count). The van der Waals surface area contributed by atoms with Crippen molar-refractivity contribution >= 4 is 29.3 Å². The van der Waals surface area contributed by atoms with Gasteiger partial charge in [0, 0.05) is 25.2 Å². The lowest BCUT2D eigenvalue weighted by atomic mass is 9.95. The van der Waals surface area contributed by atoms with Gasteiger partial charge in [-0.2, -0.15) is 0 Å². The van der Waals surface area contributed by atoms with Crippen LogP contribution >= 0.6 is 11.3 Å². The van der Waals surface area contributed by atoms with Crippen LogP contribution in [0, 0.1) is 0 Å². The van der Waals surface area contributed by atoms with Crippen molar-refractivity contribution in [3.63, 3.8) is 0 Å². The van der Waals surface area contributed by atoms with E-state index in [1.807, 2.05) is 12.1 Å². The summed E-state index contributed by atoms with van der Waals surface area (Å²) in [4.78, 5) is 34.2. The first-order chi connectivity index (χ1) is 18.8. The molecule has 0 unspecified atom stereocenters. The smallest absolute Gasteiger partial charge is 0.338 e. The summed E-state index contributed by atoms with van der Waals surface area (Å²) in [6, 6.07) is 6.34. The molecule has 0 saturated carbocycles. The minimum atomic E-state index is -0.834. The van der Waals surface area contributed by atoms with Gasteiger partial charge in [0.1, 0.15) is 5.76 Å². The van der Waals surface area contributed by atoms with E-state index in [9.17, 15) is 9.59 Å². The van der Waals surface area contributed by atoms with Gasteiger partial charge in [0.2, 0.25) is 5.75 Å². The van der Waals surface area contributed by atoms with Crippen LogP contribution in [0.15, 0.2) is 49.7 Å². The third kappa shape index (κ3) is 5.18. The molecule has 39 heavy (non-hydrogen) atoms. The number of furan rings is 1. The Labute approximate surface area is 230 Å².